The van der Waals surface area contributed by atoms with Crippen LogP contribution in [0.2, 0.25) is 0 Å². The lowest BCUT2D eigenvalue weighted by molar-refractivity contribution is -0.120. The predicted molar refractivity (Wildman–Crippen MR) is 70.8 cm³/mol. The average Bonchev–Trinajstić information content (AvgIpc) is 2.28. The van der Waals surface area contributed by atoms with Crippen LogP contribution >= 0.6 is 11.8 Å². The van der Waals surface area contributed by atoms with Gasteiger partial charge in [0.25, 0.3) is 0 Å². The SMILES string of the molecule is CC(C)CNC(=O)CNCC1CCCCS1. The summed E-state index contributed by atoms with van der Waals surface area (Å²) in [5.74, 6) is 1.93. The van der Waals surface area contributed by atoms with Crippen LogP contribution in [0.5, 0.6) is 0 Å². The summed E-state index contributed by atoms with van der Waals surface area (Å²) >= 11 is 2.04. The second kappa shape index (κ2) is 7.96. The third kappa shape index (κ3) is 6.38. The van der Waals surface area contributed by atoms with Crippen LogP contribution in [0.15, 0.2) is 0 Å². The molecule has 3 nitrogen and oxygen atoms in total. The molecule has 1 heterocycles. The molecule has 0 aromatic rings. The molecule has 1 aliphatic rings. The van der Waals surface area contributed by atoms with E-state index in [9.17, 15) is 4.79 Å². The van der Waals surface area contributed by atoms with Crippen molar-refractivity contribution in [3.8, 4) is 0 Å². The van der Waals surface area contributed by atoms with Gasteiger partial charge in [0.15, 0.2) is 0 Å². The molecule has 1 amide bonds. The lowest BCUT2D eigenvalue weighted by atomic mass is 10.2. The zero-order valence-corrected chi connectivity index (χ0v) is 11.2. The van der Waals surface area contributed by atoms with Gasteiger partial charge in [-0.3, -0.25) is 4.79 Å². The highest BCUT2D eigenvalue weighted by Crippen LogP contribution is 2.23. The second-order valence-electron chi connectivity index (χ2n) is 4.82. The Morgan fingerprint density at radius 3 is 2.88 bits per heavy atom. The number of thioether (sulfide) groups is 1. The van der Waals surface area contributed by atoms with Gasteiger partial charge in [-0.25, -0.2) is 0 Å². The number of hydrogen-bond donors (Lipinski definition) is 2. The van der Waals surface area contributed by atoms with Crippen molar-refractivity contribution >= 4 is 17.7 Å². The largest absolute Gasteiger partial charge is 0.355 e. The summed E-state index contributed by atoms with van der Waals surface area (Å²) < 4.78 is 0. The molecule has 0 saturated carbocycles. The van der Waals surface area contributed by atoms with Crippen LogP contribution in [0, 0.1) is 5.92 Å². The van der Waals surface area contributed by atoms with Crippen molar-refractivity contribution in [2.24, 2.45) is 5.92 Å². The molecule has 1 aliphatic heterocycles. The molecular weight excluding hydrogens is 220 g/mol. The van der Waals surface area contributed by atoms with E-state index >= 15 is 0 Å². The van der Waals surface area contributed by atoms with Crippen molar-refractivity contribution < 1.29 is 4.79 Å². The Bertz CT molecular complexity index is 203. The highest BCUT2D eigenvalue weighted by Gasteiger charge is 2.13. The topological polar surface area (TPSA) is 41.1 Å². The van der Waals surface area contributed by atoms with E-state index in [1.54, 1.807) is 0 Å². The maximum absolute atomic E-state index is 11.4. The van der Waals surface area contributed by atoms with Crippen LogP contribution < -0.4 is 10.6 Å². The lowest BCUT2D eigenvalue weighted by Crippen LogP contribution is -2.38. The Labute approximate surface area is 103 Å². The van der Waals surface area contributed by atoms with E-state index in [0.717, 1.165) is 13.1 Å². The summed E-state index contributed by atoms with van der Waals surface area (Å²) in [6, 6.07) is 0. The molecule has 1 unspecified atom stereocenters. The number of nitrogens with one attached hydrogen (secondary N) is 2. The van der Waals surface area contributed by atoms with E-state index in [-0.39, 0.29) is 5.91 Å². The molecule has 94 valence electrons. The third-order valence-corrected chi connectivity index (χ3v) is 4.04. The summed E-state index contributed by atoms with van der Waals surface area (Å²) in [6.07, 6.45) is 4.00. The smallest absolute Gasteiger partial charge is 0.233 e. The summed E-state index contributed by atoms with van der Waals surface area (Å²) in [5.41, 5.74) is 0. The second-order valence-corrected chi connectivity index (χ2v) is 6.23. The minimum absolute atomic E-state index is 0.120. The van der Waals surface area contributed by atoms with Crippen molar-refractivity contribution in [3.63, 3.8) is 0 Å². The average molecular weight is 244 g/mol. The molecule has 0 aromatic carbocycles. The van der Waals surface area contributed by atoms with E-state index in [2.05, 4.69) is 24.5 Å². The zero-order valence-electron chi connectivity index (χ0n) is 10.4. The maximum Gasteiger partial charge on any atom is 0.233 e. The first kappa shape index (κ1) is 13.8. The van der Waals surface area contributed by atoms with Gasteiger partial charge in [0, 0.05) is 18.3 Å². The fraction of sp³-hybridized carbons (Fsp3) is 0.917. The summed E-state index contributed by atoms with van der Waals surface area (Å²) in [6.45, 7) is 6.42. The minimum Gasteiger partial charge on any atom is -0.355 e. The first-order chi connectivity index (χ1) is 7.68. The molecule has 0 aliphatic carbocycles. The molecule has 2 N–H and O–H groups in total. The molecule has 0 bridgehead atoms. The van der Waals surface area contributed by atoms with Crippen molar-refractivity contribution in [3.05, 3.63) is 0 Å². The van der Waals surface area contributed by atoms with E-state index in [0.29, 0.717) is 17.7 Å². The number of rotatable bonds is 6. The molecular formula is C12H24N2OS. The number of hydrogen-bond acceptors (Lipinski definition) is 3. The quantitative estimate of drug-likeness (QED) is 0.746. The number of amides is 1. The fourth-order valence-electron chi connectivity index (χ4n) is 1.70. The van der Waals surface area contributed by atoms with E-state index in [1.165, 1.54) is 25.0 Å². The molecule has 0 spiro atoms. The Morgan fingerprint density at radius 2 is 2.25 bits per heavy atom. The highest BCUT2D eigenvalue weighted by atomic mass is 32.2. The van der Waals surface area contributed by atoms with Crippen molar-refractivity contribution in [2.75, 3.05) is 25.4 Å². The van der Waals surface area contributed by atoms with Crippen LogP contribution in [0.25, 0.3) is 0 Å². The van der Waals surface area contributed by atoms with Gasteiger partial charge in [0.1, 0.15) is 0 Å². The van der Waals surface area contributed by atoms with Crippen molar-refractivity contribution in [1.82, 2.24) is 10.6 Å². The summed E-state index contributed by atoms with van der Waals surface area (Å²) in [5, 5.41) is 6.87. The van der Waals surface area contributed by atoms with Crippen LogP contribution in [0.4, 0.5) is 0 Å². The maximum atomic E-state index is 11.4. The van der Waals surface area contributed by atoms with Crippen molar-refractivity contribution in [1.29, 1.82) is 0 Å². The Morgan fingerprint density at radius 1 is 1.44 bits per heavy atom. The van der Waals surface area contributed by atoms with E-state index in [4.69, 9.17) is 0 Å². The van der Waals surface area contributed by atoms with Gasteiger partial charge in [-0.15, -0.1) is 0 Å². The van der Waals surface area contributed by atoms with E-state index < -0.39 is 0 Å². The standard InChI is InChI=1S/C12H24N2OS/c1-10(2)7-14-12(15)9-13-8-11-5-3-4-6-16-11/h10-11,13H,3-9H2,1-2H3,(H,14,15). The lowest BCUT2D eigenvalue weighted by Gasteiger charge is -2.21. The fourth-order valence-corrected chi connectivity index (χ4v) is 2.97. The zero-order chi connectivity index (χ0) is 11.8. The summed E-state index contributed by atoms with van der Waals surface area (Å²) in [4.78, 5) is 11.4. The molecule has 1 rings (SSSR count). The minimum atomic E-state index is 0.120. The molecule has 1 saturated heterocycles. The van der Waals surface area contributed by atoms with Crippen molar-refractivity contribution in [2.45, 2.75) is 38.4 Å². The van der Waals surface area contributed by atoms with Crippen LogP contribution in [0.3, 0.4) is 0 Å². The van der Waals surface area contributed by atoms with Crippen LogP contribution in [0.1, 0.15) is 33.1 Å². The Hall–Kier alpha value is -0.220. The van der Waals surface area contributed by atoms with Gasteiger partial charge < -0.3 is 10.6 Å². The number of carbonyl (C=O) groups excluding carboxylic acids is 1. The van der Waals surface area contributed by atoms with Crippen LogP contribution in [-0.4, -0.2) is 36.5 Å². The predicted octanol–water partition coefficient (Wildman–Crippen LogP) is 1.63. The molecule has 1 fully saturated rings. The van der Waals surface area contributed by atoms with Gasteiger partial charge in [0.05, 0.1) is 6.54 Å². The molecule has 1 atom stereocenters. The molecule has 0 aromatic heterocycles. The van der Waals surface area contributed by atoms with E-state index in [1.807, 2.05) is 11.8 Å². The first-order valence-electron chi connectivity index (χ1n) is 6.27. The van der Waals surface area contributed by atoms with Gasteiger partial charge in [-0.1, -0.05) is 20.3 Å². The van der Waals surface area contributed by atoms with Gasteiger partial charge in [0.2, 0.25) is 5.91 Å². The van der Waals surface area contributed by atoms with Crippen LogP contribution in [-0.2, 0) is 4.79 Å². The molecule has 0 radical (unpaired) electrons. The van der Waals surface area contributed by atoms with Gasteiger partial charge in [-0.05, 0) is 24.5 Å². The monoisotopic (exact) mass is 244 g/mol. The third-order valence-electron chi connectivity index (χ3n) is 2.64. The summed E-state index contributed by atoms with van der Waals surface area (Å²) in [7, 11) is 0. The molecule has 16 heavy (non-hydrogen) atoms. The highest BCUT2D eigenvalue weighted by molar-refractivity contribution is 7.99. The van der Waals surface area contributed by atoms with Gasteiger partial charge >= 0.3 is 0 Å². The number of carbonyl (C=O) groups is 1. The first-order valence-corrected chi connectivity index (χ1v) is 7.32. The Balaban J connectivity index is 1.99. The van der Waals surface area contributed by atoms with Gasteiger partial charge in [-0.2, -0.15) is 11.8 Å². The Kier molecular flexibility index (Phi) is 6.88. The molecule has 4 heteroatoms. The normalized spacial score (nSPS) is 21.1.